The quantitative estimate of drug-likeness (QED) is 0.867. The van der Waals surface area contributed by atoms with Gasteiger partial charge in [0.25, 0.3) is 0 Å². The number of aromatic nitrogens is 1. The first-order chi connectivity index (χ1) is 9.99. The van der Waals surface area contributed by atoms with Crippen LogP contribution in [0.4, 0.5) is 19.0 Å². The molecule has 0 aliphatic carbocycles. The molecule has 0 spiro atoms. The molecule has 0 saturated heterocycles. The molecule has 2 aromatic rings. The molecule has 3 nitrogen and oxygen atoms in total. The smallest absolute Gasteiger partial charge is 0.416 e. The van der Waals surface area contributed by atoms with Gasteiger partial charge in [0.2, 0.25) is 0 Å². The minimum atomic E-state index is -4.34. The topological polar surface area (TPSA) is 34.1 Å². The number of nitrogens with one attached hydrogen (secondary N) is 1. The normalized spacial score (nSPS) is 11.2. The molecule has 0 bridgehead atoms. The van der Waals surface area contributed by atoms with Crippen LogP contribution in [0.5, 0.6) is 11.5 Å². The average Bonchev–Trinajstić information content (AvgIpc) is 2.45. The predicted octanol–water partition coefficient (Wildman–Crippen LogP) is 4.71. The first-order valence-corrected chi connectivity index (χ1v) is 6.54. The van der Waals surface area contributed by atoms with E-state index in [1.807, 2.05) is 6.92 Å². The predicted molar refractivity (Wildman–Crippen MR) is 74.5 cm³/mol. The molecule has 1 aromatic heterocycles. The van der Waals surface area contributed by atoms with Crippen LogP contribution >= 0.6 is 0 Å². The molecule has 0 amide bonds. The minimum absolute atomic E-state index is 0.343. The largest absolute Gasteiger partial charge is 0.457 e. The van der Waals surface area contributed by atoms with E-state index in [4.69, 9.17) is 4.74 Å². The second-order valence-corrected chi connectivity index (χ2v) is 4.43. The Hall–Kier alpha value is -2.24. The zero-order valence-electron chi connectivity index (χ0n) is 11.4. The van der Waals surface area contributed by atoms with Crippen molar-refractivity contribution in [3.8, 4) is 11.5 Å². The summed E-state index contributed by atoms with van der Waals surface area (Å²) in [6.07, 6.45) is -1.80. The Morgan fingerprint density at radius 1 is 1.10 bits per heavy atom. The fourth-order valence-electron chi connectivity index (χ4n) is 1.67. The number of nitrogens with zero attached hydrogens (tertiary/aromatic N) is 1. The Kier molecular flexibility index (Phi) is 4.67. The summed E-state index contributed by atoms with van der Waals surface area (Å²) in [4.78, 5) is 4.13. The molecule has 0 aliphatic rings. The molecular formula is C15H15F3N2O. The third-order valence-electron chi connectivity index (χ3n) is 2.70. The lowest BCUT2D eigenvalue weighted by molar-refractivity contribution is -0.137. The molecule has 1 N–H and O–H groups in total. The molecule has 21 heavy (non-hydrogen) atoms. The van der Waals surface area contributed by atoms with Crippen molar-refractivity contribution in [2.45, 2.75) is 19.5 Å². The second-order valence-electron chi connectivity index (χ2n) is 4.43. The van der Waals surface area contributed by atoms with E-state index in [0.717, 1.165) is 25.1 Å². The molecule has 0 fully saturated rings. The van der Waals surface area contributed by atoms with Gasteiger partial charge in [-0.2, -0.15) is 13.2 Å². The van der Waals surface area contributed by atoms with Crippen molar-refractivity contribution in [2.75, 3.05) is 11.9 Å². The maximum Gasteiger partial charge on any atom is 0.416 e. The molecule has 0 aliphatic heterocycles. The lowest BCUT2D eigenvalue weighted by Crippen LogP contribution is -2.04. The lowest BCUT2D eigenvalue weighted by atomic mass is 10.2. The summed E-state index contributed by atoms with van der Waals surface area (Å²) in [7, 11) is 0. The number of halogens is 3. The first-order valence-electron chi connectivity index (χ1n) is 6.54. The molecule has 1 heterocycles. The van der Waals surface area contributed by atoms with Crippen LogP contribution in [-0.4, -0.2) is 11.5 Å². The number of alkyl halides is 3. The van der Waals surface area contributed by atoms with Crippen LogP contribution in [0.15, 0.2) is 42.6 Å². The Morgan fingerprint density at radius 3 is 2.43 bits per heavy atom. The number of benzene rings is 1. The van der Waals surface area contributed by atoms with Crippen molar-refractivity contribution < 1.29 is 17.9 Å². The van der Waals surface area contributed by atoms with Crippen LogP contribution in [0, 0.1) is 0 Å². The van der Waals surface area contributed by atoms with Crippen molar-refractivity contribution in [2.24, 2.45) is 0 Å². The zero-order valence-corrected chi connectivity index (χ0v) is 11.4. The first kappa shape index (κ1) is 15.2. The van der Waals surface area contributed by atoms with Gasteiger partial charge in [-0.1, -0.05) is 6.92 Å². The highest BCUT2D eigenvalue weighted by Gasteiger charge is 2.30. The molecular weight excluding hydrogens is 281 g/mol. The van der Waals surface area contributed by atoms with Gasteiger partial charge in [-0.25, -0.2) is 4.98 Å². The summed E-state index contributed by atoms with van der Waals surface area (Å²) >= 11 is 0. The number of ether oxygens (including phenoxy) is 1. The van der Waals surface area contributed by atoms with Gasteiger partial charge in [-0.15, -0.1) is 0 Å². The van der Waals surface area contributed by atoms with E-state index in [0.29, 0.717) is 17.3 Å². The maximum atomic E-state index is 12.5. The highest BCUT2D eigenvalue weighted by molar-refractivity contribution is 5.42. The van der Waals surface area contributed by atoms with Crippen LogP contribution in [0.2, 0.25) is 0 Å². The number of pyridine rings is 1. The molecule has 112 valence electrons. The monoisotopic (exact) mass is 296 g/mol. The molecule has 0 saturated carbocycles. The summed E-state index contributed by atoms with van der Waals surface area (Å²) in [5.41, 5.74) is -0.699. The van der Waals surface area contributed by atoms with E-state index in [9.17, 15) is 13.2 Å². The standard InChI is InChI=1S/C15H15F3N2O/c1-2-8-19-14-10-13(7-9-20-14)21-12-5-3-11(4-6-12)15(16,17)18/h3-7,9-10H,2,8H2,1H3,(H,19,20). The average molecular weight is 296 g/mol. The van der Waals surface area contributed by atoms with Gasteiger partial charge in [-0.3, -0.25) is 0 Å². The van der Waals surface area contributed by atoms with Gasteiger partial charge in [0.1, 0.15) is 17.3 Å². The highest BCUT2D eigenvalue weighted by atomic mass is 19.4. The highest BCUT2D eigenvalue weighted by Crippen LogP contribution is 2.31. The van der Waals surface area contributed by atoms with Crippen LogP contribution in [0.3, 0.4) is 0 Å². The Labute approximate surface area is 120 Å². The van der Waals surface area contributed by atoms with Crippen molar-refractivity contribution in [1.82, 2.24) is 4.98 Å². The number of anilines is 1. The Balaban J connectivity index is 2.07. The number of rotatable bonds is 5. The minimum Gasteiger partial charge on any atom is -0.457 e. The number of hydrogen-bond donors (Lipinski definition) is 1. The van der Waals surface area contributed by atoms with E-state index in [2.05, 4.69) is 10.3 Å². The Bertz CT molecular complexity index is 582. The van der Waals surface area contributed by atoms with Gasteiger partial charge in [0.15, 0.2) is 0 Å². The summed E-state index contributed by atoms with van der Waals surface area (Å²) in [6.45, 7) is 2.83. The van der Waals surface area contributed by atoms with Gasteiger partial charge in [0, 0.05) is 18.8 Å². The van der Waals surface area contributed by atoms with Crippen LogP contribution in [0.25, 0.3) is 0 Å². The summed E-state index contributed by atoms with van der Waals surface area (Å²) in [5, 5.41) is 3.11. The lowest BCUT2D eigenvalue weighted by Gasteiger charge is -2.10. The molecule has 0 atom stereocenters. The van der Waals surface area contributed by atoms with Crippen molar-refractivity contribution >= 4 is 5.82 Å². The fraction of sp³-hybridized carbons (Fsp3) is 0.267. The zero-order chi connectivity index (χ0) is 15.3. The summed E-state index contributed by atoms with van der Waals surface area (Å²) < 4.78 is 42.9. The van der Waals surface area contributed by atoms with Crippen molar-refractivity contribution in [3.05, 3.63) is 48.2 Å². The van der Waals surface area contributed by atoms with E-state index in [1.165, 1.54) is 12.1 Å². The molecule has 2 rings (SSSR count). The fourth-order valence-corrected chi connectivity index (χ4v) is 1.67. The van der Waals surface area contributed by atoms with Gasteiger partial charge < -0.3 is 10.1 Å². The molecule has 0 unspecified atom stereocenters. The van der Waals surface area contributed by atoms with Crippen molar-refractivity contribution in [1.29, 1.82) is 0 Å². The van der Waals surface area contributed by atoms with E-state index in [1.54, 1.807) is 18.3 Å². The number of hydrogen-bond acceptors (Lipinski definition) is 3. The van der Waals surface area contributed by atoms with Gasteiger partial charge in [0.05, 0.1) is 5.56 Å². The second kappa shape index (κ2) is 6.47. The SMILES string of the molecule is CCCNc1cc(Oc2ccc(C(F)(F)F)cc2)ccn1. The summed E-state index contributed by atoms with van der Waals surface area (Å²) in [6, 6.07) is 7.92. The van der Waals surface area contributed by atoms with Crippen molar-refractivity contribution in [3.63, 3.8) is 0 Å². The molecule has 6 heteroatoms. The van der Waals surface area contributed by atoms with Crippen LogP contribution in [0.1, 0.15) is 18.9 Å². The molecule has 0 radical (unpaired) electrons. The third kappa shape index (κ3) is 4.37. The van der Waals surface area contributed by atoms with Gasteiger partial charge in [-0.05, 0) is 36.8 Å². The molecule has 1 aromatic carbocycles. The summed E-state index contributed by atoms with van der Waals surface area (Å²) in [5.74, 6) is 1.53. The van der Waals surface area contributed by atoms with E-state index < -0.39 is 11.7 Å². The van der Waals surface area contributed by atoms with E-state index >= 15 is 0 Å². The third-order valence-corrected chi connectivity index (χ3v) is 2.70. The van der Waals surface area contributed by atoms with Crippen LogP contribution in [-0.2, 0) is 6.18 Å². The Morgan fingerprint density at radius 2 is 1.81 bits per heavy atom. The van der Waals surface area contributed by atoms with Crippen LogP contribution < -0.4 is 10.1 Å². The maximum absolute atomic E-state index is 12.5. The van der Waals surface area contributed by atoms with E-state index in [-0.39, 0.29) is 0 Å². The van der Waals surface area contributed by atoms with Gasteiger partial charge >= 0.3 is 6.18 Å².